The van der Waals surface area contributed by atoms with Gasteiger partial charge in [-0.2, -0.15) is 0 Å². The number of hydrogen-bond acceptors (Lipinski definition) is 1. The van der Waals surface area contributed by atoms with E-state index in [2.05, 4.69) is 4.98 Å². The molecule has 2 rings (SSSR count). The van der Waals surface area contributed by atoms with Crippen LogP contribution in [-0.2, 0) is 0 Å². The third kappa shape index (κ3) is 2.44. The number of pyridine rings is 1. The van der Waals surface area contributed by atoms with Gasteiger partial charge in [-0.3, -0.25) is 0 Å². The Morgan fingerprint density at radius 3 is 2.38 bits per heavy atom. The normalized spacial score (nSPS) is 10.5. The molecule has 0 aliphatic rings. The average molecular weight is 293 g/mol. The fourth-order valence-electron chi connectivity index (χ4n) is 1.30. The van der Waals surface area contributed by atoms with E-state index in [-0.39, 0.29) is 0 Å². The summed E-state index contributed by atoms with van der Waals surface area (Å²) in [6.07, 6.45) is 0. The van der Waals surface area contributed by atoms with Crippen LogP contribution in [0.2, 0.25) is 20.2 Å². The first-order valence-corrected chi connectivity index (χ1v) is 5.86. The zero-order valence-corrected chi connectivity index (χ0v) is 10.9. The Morgan fingerprint density at radius 1 is 0.938 bits per heavy atom. The number of aromatic nitrogens is 1. The lowest BCUT2D eigenvalue weighted by Crippen LogP contribution is -1.86. The van der Waals surface area contributed by atoms with Gasteiger partial charge >= 0.3 is 0 Å². The van der Waals surface area contributed by atoms with Crippen molar-refractivity contribution in [1.82, 2.24) is 4.98 Å². The maximum Gasteiger partial charge on any atom is 0.129 e. The van der Waals surface area contributed by atoms with E-state index >= 15 is 0 Å². The van der Waals surface area contributed by atoms with Gasteiger partial charge in [-0.05, 0) is 24.3 Å². The maximum atomic E-state index is 6.08. The highest BCUT2D eigenvalue weighted by atomic mass is 35.5. The second-order valence-corrected chi connectivity index (χ2v) is 4.70. The molecule has 0 unspecified atom stereocenters. The molecule has 0 saturated carbocycles. The van der Waals surface area contributed by atoms with Gasteiger partial charge in [0.25, 0.3) is 0 Å². The van der Waals surface area contributed by atoms with Crippen molar-refractivity contribution in [2.75, 3.05) is 0 Å². The van der Waals surface area contributed by atoms with E-state index in [1.807, 2.05) is 0 Å². The van der Waals surface area contributed by atoms with Crippen LogP contribution in [0, 0.1) is 0 Å². The molecule has 0 bridgehead atoms. The third-order valence-electron chi connectivity index (χ3n) is 1.98. The number of halogens is 4. The van der Waals surface area contributed by atoms with Crippen molar-refractivity contribution in [3.63, 3.8) is 0 Å². The lowest BCUT2D eigenvalue weighted by molar-refractivity contribution is 1.33. The van der Waals surface area contributed by atoms with Crippen LogP contribution >= 0.6 is 46.4 Å². The second kappa shape index (κ2) is 4.80. The molecule has 5 heteroatoms. The van der Waals surface area contributed by atoms with Crippen molar-refractivity contribution < 1.29 is 0 Å². The summed E-state index contributed by atoms with van der Waals surface area (Å²) >= 11 is 23.7. The molecule has 1 heterocycles. The summed E-state index contributed by atoms with van der Waals surface area (Å²) in [6.45, 7) is 0. The van der Waals surface area contributed by atoms with Gasteiger partial charge in [0, 0.05) is 10.6 Å². The smallest absolute Gasteiger partial charge is 0.129 e. The lowest BCUT2D eigenvalue weighted by atomic mass is 10.1. The summed E-state index contributed by atoms with van der Waals surface area (Å²) in [5.41, 5.74) is 1.31. The Morgan fingerprint density at radius 2 is 1.69 bits per heavy atom. The van der Waals surface area contributed by atoms with Gasteiger partial charge < -0.3 is 0 Å². The molecule has 82 valence electrons. The first kappa shape index (κ1) is 12.0. The molecule has 1 aromatic carbocycles. The van der Waals surface area contributed by atoms with Crippen LogP contribution in [0.15, 0.2) is 30.3 Å². The van der Waals surface area contributed by atoms with Crippen molar-refractivity contribution >= 4 is 46.4 Å². The maximum absolute atomic E-state index is 6.08. The Labute approximate surface area is 113 Å². The molecule has 0 fully saturated rings. The highest BCUT2D eigenvalue weighted by molar-refractivity contribution is 6.45. The lowest BCUT2D eigenvalue weighted by Gasteiger charge is -2.06. The zero-order chi connectivity index (χ0) is 11.7. The fraction of sp³-hybridized carbons (Fsp3) is 0. The van der Waals surface area contributed by atoms with Gasteiger partial charge in [-0.15, -0.1) is 0 Å². The van der Waals surface area contributed by atoms with Crippen LogP contribution in [0.3, 0.4) is 0 Å². The largest absolute Gasteiger partial charge is 0.236 e. The summed E-state index contributed by atoms with van der Waals surface area (Å²) in [7, 11) is 0. The minimum absolute atomic E-state index is 0.393. The van der Waals surface area contributed by atoms with Gasteiger partial charge in [0.15, 0.2) is 0 Å². The molecular weight excluding hydrogens is 288 g/mol. The molecule has 16 heavy (non-hydrogen) atoms. The molecule has 0 aliphatic heterocycles. The molecule has 1 nitrogen and oxygen atoms in total. The monoisotopic (exact) mass is 291 g/mol. The topological polar surface area (TPSA) is 12.9 Å². The quantitative estimate of drug-likeness (QED) is 0.509. The van der Waals surface area contributed by atoms with Crippen molar-refractivity contribution in [2.45, 2.75) is 0 Å². The summed E-state index contributed by atoms with van der Waals surface area (Å²) < 4.78 is 0. The van der Waals surface area contributed by atoms with E-state index in [4.69, 9.17) is 46.4 Å². The molecular formula is C11H5Cl4N. The summed E-state index contributed by atoms with van der Waals surface area (Å²) in [5.74, 6) is 0. The van der Waals surface area contributed by atoms with Crippen LogP contribution in [0.25, 0.3) is 11.3 Å². The average Bonchev–Trinajstić information content (AvgIpc) is 2.23. The molecule has 1 aromatic heterocycles. The van der Waals surface area contributed by atoms with Gasteiger partial charge in [0.1, 0.15) is 5.15 Å². The van der Waals surface area contributed by atoms with Crippen LogP contribution in [0.4, 0.5) is 0 Å². The number of hydrogen-bond donors (Lipinski definition) is 0. The van der Waals surface area contributed by atoms with Crippen LogP contribution in [-0.4, -0.2) is 4.98 Å². The summed E-state index contributed by atoms with van der Waals surface area (Å²) in [4.78, 5) is 4.15. The van der Waals surface area contributed by atoms with Gasteiger partial charge in [-0.1, -0.05) is 52.5 Å². The molecule has 0 saturated heterocycles. The van der Waals surface area contributed by atoms with Gasteiger partial charge in [0.05, 0.1) is 15.7 Å². The molecule has 0 atom stereocenters. The SMILES string of the molecule is Clc1cc(Cl)c(Cl)c(-c2cccc(Cl)n2)c1. The minimum Gasteiger partial charge on any atom is -0.236 e. The zero-order valence-electron chi connectivity index (χ0n) is 7.85. The molecule has 0 aliphatic carbocycles. The van der Waals surface area contributed by atoms with Gasteiger partial charge in [0.2, 0.25) is 0 Å². The predicted molar refractivity (Wildman–Crippen MR) is 69.7 cm³/mol. The van der Waals surface area contributed by atoms with E-state index in [1.54, 1.807) is 30.3 Å². The van der Waals surface area contributed by atoms with Crippen molar-refractivity contribution in [2.24, 2.45) is 0 Å². The third-order valence-corrected chi connectivity index (χ3v) is 3.21. The summed E-state index contributed by atoms with van der Waals surface area (Å²) in [6, 6.07) is 8.55. The first-order chi connectivity index (χ1) is 7.58. The minimum atomic E-state index is 0.393. The number of nitrogens with zero attached hydrogens (tertiary/aromatic N) is 1. The van der Waals surface area contributed by atoms with Crippen LogP contribution in [0.1, 0.15) is 0 Å². The molecule has 0 amide bonds. The highest BCUT2D eigenvalue weighted by Gasteiger charge is 2.10. The van der Waals surface area contributed by atoms with Crippen molar-refractivity contribution in [3.05, 3.63) is 50.6 Å². The molecule has 2 aromatic rings. The van der Waals surface area contributed by atoms with Crippen LogP contribution < -0.4 is 0 Å². The molecule has 0 N–H and O–H groups in total. The Balaban J connectivity index is 2.64. The van der Waals surface area contributed by atoms with Crippen LogP contribution in [0.5, 0.6) is 0 Å². The Kier molecular flexibility index (Phi) is 3.60. The number of benzene rings is 1. The van der Waals surface area contributed by atoms with E-state index in [9.17, 15) is 0 Å². The Bertz CT molecular complexity index is 540. The van der Waals surface area contributed by atoms with E-state index in [0.717, 1.165) is 0 Å². The van der Waals surface area contributed by atoms with Crippen molar-refractivity contribution in [1.29, 1.82) is 0 Å². The predicted octanol–water partition coefficient (Wildman–Crippen LogP) is 5.36. The first-order valence-electron chi connectivity index (χ1n) is 4.35. The number of rotatable bonds is 1. The summed E-state index contributed by atoms with van der Waals surface area (Å²) in [5, 5.41) is 1.71. The van der Waals surface area contributed by atoms with Crippen molar-refractivity contribution in [3.8, 4) is 11.3 Å². The van der Waals surface area contributed by atoms with E-state index in [0.29, 0.717) is 31.5 Å². The molecule has 0 spiro atoms. The van der Waals surface area contributed by atoms with E-state index < -0.39 is 0 Å². The van der Waals surface area contributed by atoms with E-state index in [1.165, 1.54) is 0 Å². The van der Waals surface area contributed by atoms with Gasteiger partial charge in [-0.25, -0.2) is 4.98 Å². The standard InChI is InChI=1S/C11H5Cl4N/c12-6-4-7(11(15)8(13)5-6)9-2-1-3-10(14)16-9/h1-5H. The Hall–Kier alpha value is -0.470. The highest BCUT2D eigenvalue weighted by Crippen LogP contribution is 2.35. The second-order valence-electron chi connectivity index (χ2n) is 3.09. The fourth-order valence-corrected chi connectivity index (χ4v) is 2.16. The molecule has 0 radical (unpaired) electrons.